The fourth-order valence-electron chi connectivity index (χ4n) is 0.863. The van der Waals surface area contributed by atoms with Gasteiger partial charge in [0.1, 0.15) is 5.75 Å². The Hall–Kier alpha value is -0.450. The van der Waals surface area contributed by atoms with Gasteiger partial charge in [0.2, 0.25) is 0 Å². The predicted molar refractivity (Wildman–Crippen MR) is 61.9 cm³/mol. The van der Waals surface area contributed by atoms with Crippen LogP contribution in [0.3, 0.4) is 0 Å². The number of carbonyl (C=O) groups is 1. The Morgan fingerprint density at radius 1 is 1.40 bits per heavy atom. The van der Waals surface area contributed by atoms with Gasteiger partial charge in [0.15, 0.2) is 0 Å². The van der Waals surface area contributed by atoms with Crippen LogP contribution in [0.2, 0.25) is 10.0 Å². The number of carboxylic acids is 1. The highest BCUT2D eigenvalue weighted by Gasteiger charge is 2.07. The molecule has 6 heteroatoms. The fourth-order valence-corrected chi connectivity index (χ4v) is 1.71. The van der Waals surface area contributed by atoms with Gasteiger partial charge in [-0.1, -0.05) is 23.2 Å². The van der Waals surface area contributed by atoms with Crippen LogP contribution >= 0.6 is 39.1 Å². The molecule has 1 N–H and O–H groups in total. The summed E-state index contributed by atoms with van der Waals surface area (Å²) in [6, 6.07) is 3.13. The van der Waals surface area contributed by atoms with Crippen LogP contribution in [0, 0.1) is 0 Å². The number of halogens is 3. The quantitative estimate of drug-likeness (QED) is 0.864. The first kappa shape index (κ1) is 12.6. The summed E-state index contributed by atoms with van der Waals surface area (Å²) in [6.45, 7) is 0.0625. The minimum absolute atomic E-state index is 0.0625. The number of carboxylic acid groups (broad SMARTS) is 1. The number of rotatable bonds is 4. The van der Waals surface area contributed by atoms with Gasteiger partial charge in [-0.15, -0.1) is 0 Å². The van der Waals surface area contributed by atoms with Crippen LogP contribution < -0.4 is 4.74 Å². The lowest BCUT2D eigenvalue weighted by Crippen LogP contribution is -2.05. The van der Waals surface area contributed by atoms with Gasteiger partial charge in [-0.2, -0.15) is 0 Å². The van der Waals surface area contributed by atoms with Crippen molar-refractivity contribution in [1.29, 1.82) is 0 Å². The maximum absolute atomic E-state index is 10.2. The van der Waals surface area contributed by atoms with Crippen LogP contribution in [0.1, 0.15) is 6.42 Å². The molecule has 0 saturated heterocycles. The molecule has 0 fully saturated rings. The fraction of sp³-hybridized carbons (Fsp3) is 0.222. The Kier molecular flexibility index (Phi) is 4.70. The van der Waals surface area contributed by atoms with Crippen molar-refractivity contribution in [3.63, 3.8) is 0 Å². The van der Waals surface area contributed by atoms with E-state index in [0.29, 0.717) is 20.3 Å². The summed E-state index contributed by atoms with van der Waals surface area (Å²) in [4.78, 5) is 10.2. The van der Waals surface area contributed by atoms with E-state index in [-0.39, 0.29) is 13.0 Å². The topological polar surface area (TPSA) is 46.5 Å². The maximum Gasteiger partial charge on any atom is 0.306 e. The molecule has 0 spiro atoms. The molecule has 0 bridgehead atoms. The number of aliphatic carboxylic acids is 1. The molecule has 1 aromatic rings. The summed E-state index contributed by atoms with van der Waals surface area (Å²) in [5.74, 6) is -0.541. The second-order valence-corrected chi connectivity index (χ2v) is 4.36. The Balaban J connectivity index is 2.69. The Bertz CT molecular complexity index is 382. The third kappa shape index (κ3) is 3.89. The van der Waals surface area contributed by atoms with E-state index in [1.165, 1.54) is 6.07 Å². The van der Waals surface area contributed by atoms with E-state index in [0.717, 1.165) is 0 Å². The third-order valence-electron chi connectivity index (χ3n) is 1.55. The molecule has 0 aliphatic heterocycles. The molecule has 3 nitrogen and oxygen atoms in total. The summed E-state index contributed by atoms with van der Waals surface area (Å²) < 4.78 is 5.83. The van der Waals surface area contributed by atoms with Gasteiger partial charge >= 0.3 is 5.97 Å². The highest BCUT2D eigenvalue weighted by atomic mass is 79.9. The van der Waals surface area contributed by atoms with Crippen molar-refractivity contribution < 1.29 is 14.6 Å². The Morgan fingerprint density at radius 2 is 2.07 bits per heavy atom. The Morgan fingerprint density at radius 3 is 2.67 bits per heavy atom. The van der Waals surface area contributed by atoms with Crippen LogP contribution in [0.5, 0.6) is 5.75 Å². The van der Waals surface area contributed by atoms with Gasteiger partial charge in [0.25, 0.3) is 0 Å². The lowest BCUT2D eigenvalue weighted by atomic mass is 10.3. The molecule has 0 amide bonds. The minimum atomic E-state index is -0.922. The molecule has 0 radical (unpaired) electrons. The summed E-state index contributed by atoms with van der Waals surface area (Å²) in [7, 11) is 0. The molecular formula is C9H7BrCl2O3. The van der Waals surface area contributed by atoms with Crippen LogP contribution in [0.15, 0.2) is 16.6 Å². The third-order valence-corrected chi connectivity index (χ3v) is 3.04. The first-order valence-corrected chi connectivity index (χ1v) is 5.54. The number of benzene rings is 1. The Labute approximate surface area is 105 Å². The average Bonchev–Trinajstić information content (AvgIpc) is 2.13. The van der Waals surface area contributed by atoms with Gasteiger partial charge in [0.05, 0.1) is 23.1 Å². The van der Waals surface area contributed by atoms with Gasteiger partial charge in [-0.05, 0) is 22.0 Å². The molecule has 0 heterocycles. The minimum Gasteiger partial charge on any atom is -0.491 e. The lowest BCUT2D eigenvalue weighted by Gasteiger charge is -2.07. The van der Waals surface area contributed by atoms with Crippen molar-refractivity contribution in [2.45, 2.75) is 6.42 Å². The lowest BCUT2D eigenvalue weighted by molar-refractivity contribution is -0.137. The van der Waals surface area contributed by atoms with Gasteiger partial charge in [-0.25, -0.2) is 0 Å². The smallest absolute Gasteiger partial charge is 0.306 e. The molecule has 15 heavy (non-hydrogen) atoms. The maximum atomic E-state index is 10.2. The highest BCUT2D eigenvalue weighted by Crippen LogP contribution is 2.34. The zero-order valence-corrected chi connectivity index (χ0v) is 10.6. The normalized spacial score (nSPS) is 10.1. The number of hydrogen-bond donors (Lipinski definition) is 1. The van der Waals surface area contributed by atoms with Crippen LogP contribution in [0.25, 0.3) is 0 Å². The average molecular weight is 314 g/mol. The van der Waals surface area contributed by atoms with E-state index in [1.54, 1.807) is 6.07 Å². The van der Waals surface area contributed by atoms with E-state index in [4.69, 9.17) is 33.0 Å². The van der Waals surface area contributed by atoms with Gasteiger partial charge in [0, 0.05) is 10.5 Å². The summed E-state index contributed by atoms with van der Waals surface area (Å²) in [6.07, 6.45) is -0.0794. The second-order valence-electron chi connectivity index (χ2n) is 2.69. The highest BCUT2D eigenvalue weighted by molar-refractivity contribution is 9.10. The SMILES string of the molecule is O=C(O)CCOc1cc(Cl)c(Br)cc1Cl. The standard InChI is InChI=1S/C9H7BrCl2O3/c10-5-3-7(12)8(4-6(5)11)15-2-1-9(13)14/h3-4H,1-2H2,(H,13,14). The van der Waals surface area contributed by atoms with E-state index in [1.807, 2.05) is 0 Å². The predicted octanol–water partition coefficient (Wildman–Crippen LogP) is 3.61. The first-order chi connectivity index (χ1) is 7.00. The number of ether oxygens (including phenoxy) is 1. The van der Waals surface area contributed by atoms with Crippen molar-refractivity contribution in [3.8, 4) is 5.75 Å². The molecule has 0 aromatic heterocycles. The first-order valence-electron chi connectivity index (χ1n) is 4.00. The largest absolute Gasteiger partial charge is 0.491 e. The molecule has 0 atom stereocenters. The van der Waals surface area contributed by atoms with E-state index >= 15 is 0 Å². The molecule has 0 saturated carbocycles. The van der Waals surface area contributed by atoms with Crippen LogP contribution in [-0.2, 0) is 4.79 Å². The summed E-state index contributed by atoms with van der Waals surface area (Å²) >= 11 is 14.9. The van der Waals surface area contributed by atoms with Crippen molar-refractivity contribution >= 4 is 45.1 Å². The molecule has 0 unspecified atom stereocenters. The number of hydrogen-bond acceptors (Lipinski definition) is 2. The molecule has 82 valence electrons. The van der Waals surface area contributed by atoms with Crippen molar-refractivity contribution in [2.75, 3.05) is 6.61 Å². The zero-order chi connectivity index (χ0) is 11.4. The van der Waals surface area contributed by atoms with E-state index in [9.17, 15) is 4.79 Å². The molecule has 0 aliphatic rings. The monoisotopic (exact) mass is 312 g/mol. The summed E-state index contributed by atoms with van der Waals surface area (Å²) in [5, 5.41) is 9.26. The molecule has 0 aliphatic carbocycles. The van der Waals surface area contributed by atoms with E-state index in [2.05, 4.69) is 15.9 Å². The van der Waals surface area contributed by atoms with Crippen molar-refractivity contribution in [1.82, 2.24) is 0 Å². The van der Waals surface area contributed by atoms with E-state index < -0.39 is 5.97 Å². The second kappa shape index (κ2) is 5.58. The van der Waals surface area contributed by atoms with Gasteiger partial charge in [-0.3, -0.25) is 4.79 Å². The zero-order valence-electron chi connectivity index (χ0n) is 7.47. The molecule has 1 rings (SSSR count). The van der Waals surface area contributed by atoms with Crippen molar-refractivity contribution in [3.05, 3.63) is 26.7 Å². The molecular weight excluding hydrogens is 307 g/mol. The summed E-state index contributed by atoms with van der Waals surface area (Å²) in [5.41, 5.74) is 0. The molecule has 1 aromatic carbocycles. The van der Waals surface area contributed by atoms with Gasteiger partial charge < -0.3 is 9.84 Å². The van der Waals surface area contributed by atoms with Crippen molar-refractivity contribution in [2.24, 2.45) is 0 Å². The van der Waals surface area contributed by atoms with Crippen LogP contribution in [0.4, 0.5) is 0 Å². The van der Waals surface area contributed by atoms with Crippen LogP contribution in [-0.4, -0.2) is 17.7 Å².